The predicted molar refractivity (Wildman–Crippen MR) is 138 cm³/mol. The number of anilines is 2. The largest absolute Gasteiger partial charge is 1.00 e. The summed E-state index contributed by atoms with van der Waals surface area (Å²) in [5.41, 5.74) is 2.75. The van der Waals surface area contributed by atoms with Crippen LogP contribution >= 0.6 is 11.5 Å². The second-order valence-electron chi connectivity index (χ2n) is 8.03. The van der Waals surface area contributed by atoms with Gasteiger partial charge >= 0.3 is 59.1 Å². The van der Waals surface area contributed by atoms with E-state index in [-0.39, 0.29) is 75.2 Å². The molecule has 188 valence electrons. The maximum absolute atomic E-state index is 12.1. The van der Waals surface area contributed by atoms with Crippen LogP contribution in [0.4, 0.5) is 22.1 Å². The number of fused-ring (bicyclic) bond motifs is 2. The van der Waals surface area contributed by atoms with Crippen molar-refractivity contribution >= 4 is 75.5 Å². The smallest absolute Gasteiger partial charge is 0.744 e. The fourth-order valence-electron chi connectivity index (χ4n) is 3.85. The zero-order chi connectivity index (χ0) is 26.4. The average Bonchev–Trinajstić information content (AvgIpc) is 3.25. The molecule has 0 aliphatic carbocycles. The molecular formula is C24H16N4Na2O6S3. The molecule has 0 aliphatic rings. The number of nitrogens with zero attached hydrogens (tertiary/aromatic N) is 3. The van der Waals surface area contributed by atoms with Crippen LogP contribution in [-0.2, 0) is 20.2 Å². The fourth-order valence-corrected chi connectivity index (χ4v) is 5.75. The van der Waals surface area contributed by atoms with Crippen LogP contribution in [0.15, 0.2) is 92.8 Å². The van der Waals surface area contributed by atoms with Crippen LogP contribution in [0.3, 0.4) is 0 Å². The first-order valence-corrected chi connectivity index (χ1v) is 14.2. The maximum Gasteiger partial charge on any atom is 1.00 e. The van der Waals surface area contributed by atoms with Crippen LogP contribution in [-0.4, -0.2) is 30.3 Å². The van der Waals surface area contributed by atoms with Crippen LogP contribution < -0.4 is 64.4 Å². The van der Waals surface area contributed by atoms with Crippen molar-refractivity contribution in [1.29, 1.82) is 0 Å². The second kappa shape index (κ2) is 12.4. The summed E-state index contributed by atoms with van der Waals surface area (Å²) in [6.07, 6.45) is 0. The molecule has 0 amide bonds. The molecule has 10 nitrogen and oxygen atoms in total. The zero-order valence-corrected chi connectivity index (χ0v) is 27.4. The third-order valence-electron chi connectivity index (χ3n) is 5.63. The molecule has 0 saturated carbocycles. The Morgan fingerprint density at radius 1 is 0.795 bits per heavy atom. The molecule has 0 radical (unpaired) electrons. The van der Waals surface area contributed by atoms with Gasteiger partial charge in [0.25, 0.3) is 0 Å². The summed E-state index contributed by atoms with van der Waals surface area (Å²) in [5, 5.41) is 12.7. The maximum atomic E-state index is 12.1. The monoisotopic (exact) mass is 598 g/mol. The number of nitrogens with one attached hydrogen (secondary N) is 1. The molecule has 1 N–H and O–H groups in total. The van der Waals surface area contributed by atoms with E-state index in [1.165, 1.54) is 30.3 Å². The molecule has 1 heterocycles. The van der Waals surface area contributed by atoms with Crippen molar-refractivity contribution in [2.24, 2.45) is 10.2 Å². The Bertz CT molecular complexity index is 1940. The van der Waals surface area contributed by atoms with Crippen molar-refractivity contribution in [1.82, 2.24) is 4.37 Å². The van der Waals surface area contributed by atoms with Crippen molar-refractivity contribution in [3.05, 3.63) is 78.4 Å². The fraction of sp³-hybridized carbons (Fsp3) is 0.0417. The van der Waals surface area contributed by atoms with E-state index in [1.807, 2.05) is 31.2 Å². The topological polar surface area (TPSA) is 164 Å². The van der Waals surface area contributed by atoms with Crippen LogP contribution in [0.25, 0.3) is 21.7 Å². The standard InChI is InChI=1S/C24H18N4O6S3.2Na/c1-14-5-2-3-7-18(14)25-21-12-11-19(16-6-4-8-22(23(16)21)37(32,33)34)26-27-24-17-13-15(36(29,30)31)9-10-20(17)28-35-24;;/h2-13,25H,1H3,(H,29,30,31)(H,32,33,34);;/q;2*+1/p-2. The van der Waals surface area contributed by atoms with Crippen LogP contribution in [0.2, 0.25) is 0 Å². The van der Waals surface area contributed by atoms with Crippen LogP contribution in [0.1, 0.15) is 5.56 Å². The van der Waals surface area contributed by atoms with Gasteiger partial charge in [0.2, 0.25) is 0 Å². The molecule has 5 rings (SSSR count). The Hall–Kier alpha value is -1.75. The molecule has 0 aliphatic heterocycles. The van der Waals surface area contributed by atoms with Gasteiger partial charge in [0.15, 0.2) is 5.00 Å². The Balaban J connectivity index is 0.00000210. The van der Waals surface area contributed by atoms with Crippen molar-refractivity contribution < 1.29 is 85.1 Å². The van der Waals surface area contributed by atoms with Crippen LogP contribution in [0, 0.1) is 6.92 Å². The summed E-state index contributed by atoms with van der Waals surface area (Å²) >= 11 is 0.955. The third-order valence-corrected chi connectivity index (χ3v) is 8.10. The summed E-state index contributed by atoms with van der Waals surface area (Å²) in [6.45, 7) is 1.89. The zero-order valence-electron chi connectivity index (χ0n) is 20.9. The molecule has 0 spiro atoms. The number of hydrogen-bond donors (Lipinski definition) is 1. The summed E-state index contributed by atoms with van der Waals surface area (Å²) in [6, 6.07) is 18.7. The molecule has 15 heteroatoms. The third kappa shape index (κ3) is 6.77. The number of benzene rings is 4. The number of rotatable bonds is 6. The summed E-state index contributed by atoms with van der Waals surface area (Å²) < 4.78 is 74.8. The number of hydrogen-bond acceptors (Lipinski definition) is 11. The Morgan fingerprint density at radius 3 is 2.23 bits per heavy atom. The Morgan fingerprint density at radius 2 is 1.54 bits per heavy atom. The van der Waals surface area contributed by atoms with E-state index < -0.39 is 30.0 Å². The Kier molecular flexibility index (Phi) is 10.1. The van der Waals surface area contributed by atoms with Gasteiger partial charge in [-0.3, -0.25) is 0 Å². The summed E-state index contributed by atoms with van der Waals surface area (Å²) in [7, 11) is -9.51. The van der Waals surface area contributed by atoms with Gasteiger partial charge in [-0.1, -0.05) is 30.3 Å². The van der Waals surface area contributed by atoms with Gasteiger partial charge < -0.3 is 14.4 Å². The van der Waals surface area contributed by atoms with Crippen molar-refractivity contribution in [3.8, 4) is 0 Å². The van der Waals surface area contributed by atoms with E-state index in [9.17, 15) is 25.9 Å². The molecule has 1 aromatic heterocycles. The van der Waals surface area contributed by atoms with Gasteiger partial charge in [0.1, 0.15) is 20.2 Å². The van der Waals surface area contributed by atoms with Crippen molar-refractivity contribution in [3.63, 3.8) is 0 Å². The normalized spacial score (nSPS) is 11.9. The first-order chi connectivity index (χ1) is 17.5. The van der Waals surface area contributed by atoms with Gasteiger partial charge in [-0.2, -0.15) is 4.37 Å². The van der Waals surface area contributed by atoms with E-state index in [4.69, 9.17) is 0 Å². The number of aryl methyl sites for hydroxylation is 1. The molecule has 0 bridgehead atoms. The minimum absolute atomic E-state index is 0. The molecule has 4 aromatic carbocycles. The van der Waals surface area contributed by atoms with Gasteiger partial charge in [0, 0.05) is 27.5 Å². The molecule has 5 aromatic rings. The molecular weight excluding hydrogens is 582 g/mol. The van der Waals surface area contributed by atoms with E-state index in [0.29, 0.717) is 22.0 Å². The average molecular weight is 599 g/mol. The van der Waals surface area contributed by atoms with Crippen molar-refractivity contribution in [2.75, 3.05) is 5.32 Å². The quantitative estimate of drug-likeness (QED) is 0.159. The number of para-hydroxylation sites is 1. The van der Waals surface area contributed by atoms with E-state index in [0.717, 1.165) is 22.8 Å². The van der Waals surface area contributed by atoms with E-state index >= 15 is 0 Å². The van der Waals surface area contributed by atoms with E-state index in [1.54, 1.807) is 18.2 Å². The minimum Gasteiger partial charge on any atom is -0.744 e. The molecule has 0 saturated heterocycles. The van der Waals surface area contributed by atoms with Gasteiger partial charge in [-0.05, 0) is 66.5 Å². The van der Waals surface area contributed by atoms with Crippen molar-refractivity contribution in [2.45, 2.75) is 16.7 Å². The first-order valence-electron chi connectivity index (χ1n) is 10.6. The second-order valence-corrected chi connectivity index (χ2v) is 11.5. The molecule has 0 fully saturated rings. The van der Waals surface area contributed by atoms with Gasteiger partial charge in [-0.25, -0.2) is 16.8 Å². The van der Waals surface area contributed by atoms with E-state index in [2.05, 4.69) is 19.9 Å². The summed E-state index contributed by atoms with van der Waals surface area (Å²) in [5.74, 6) is 0. The molecule has 39 heavy (non-hydrogen) atoms. The predicted octanol–water partition coefficient (Wildman–Crippen LogP) is -0.267. The van der Waals surface area contributed by atoms with Gasteiger partial charge in [-0.15, -0.1) is 10.2 Å². The SMILES string of the molecule is Cc1ccccc1Nc1ccc(N=Nc2snc3ccc(S(=O)(=O)[O-])cc23)c2cccc(S(=O)(=O)[O-])c12.[Na+].[Na+]. The number of azo groups is 1. The van der Waals surface area contributed by atoms with Crippen LogP contribution in [0.5, 0.6) is 0 Å². The minimum atomic E-state index is -4.83. The number of aromatic nitrogens is 1. The Labute approximate surface area is 272 Å². The summed E-state index contributed by atoms with van der Waals surface area (Å²) in [4.78, 5) is -0.828. The molecule has 0 atom stereocenters. The van der Waals surface area contributed by atoms with Gasteiger partial charge in [0.05, 0.1) is 21.0 Å². The molecule has 0 unspecified atom stereocenters. The first kappa shape index (κ1) is 31.8.